The largest absolute Gasteiger partial charge is 0.466 e. The second kappa shape index (κ2) is 5.28. The third kappa shape index (κ3) is 2.43. The lowest BCUT2D eigenvalue weighted by molar-refractivity contribution is -0.155. The van der Waals surface area contributed by atoms with Gasteiger partial charge in [-0.05, 0) is 38.6 Å². The van der Waals surface area contributed by atoms with Crippen molar-refractivity contribution >= 4 is 17.5 Å². The van der Waals surface area contributed by atoms with Crippen molar-refractivity contribution in [2.24, 2.45) is 0 Å². The van der Waals surface area contributed by atoms with Crippen molar-refractivity contribution < 1.29 is 14.3 Å². The second-order valence-corrected chi connectivity index (χ2v) is 6.18. The maximum Gasteiger partial charge on any atom is 0.278 e. The van der Waals surface area contributed by atoms with Crippen LogP contribution in [-0.2, 0) is 9.59 Å². The molecule has 0 unspecified atom stereocenters. The van der Waals surface area contributed by atoms with E-state index >= 15 is 0 Å². The van der Waals surface area contributed by atoms with E-state index in [-0.39, 0.29) is 5.91 Å². The summed E-state index contributed by atoms with van der Waals surface area (Å²) in [5, 5.41) is 2.80. The lowest BCUT2D eigenvalue weighted by atomic mass is 10.00. The Labute approximate surface area is 130 Å². The molecule has 1 aromatic carbocycles. The SMILES string of the molecule is Cc1ccc2c(c1)NC(=O)[C@](C)(C(=O)N1CCN(C)CC1)O2. The van der Waals surface area contributed by atoms with Crippen molar-refractivity contribution in [3.05, 3.63) is 23.8 Å². The fourth-order valence-electron chi connectivity index (χ4n) is 2.79. The first-order valence-corrected chi connectivity index (χ1v) is 7.49. The third-order valence-corrected chi connectivity index (χ3v) is 4.33. The monoisotopic (exact) mass is 303 g/mol. The standard InChI is InChI=1S/C16H21N3O3/c1-11-4-5-13-12(10-11)17-14(20)16(2,22-13)15(21)19-8-6-18(3)7-9-19/h4-5,10H,6-9H2,1-3H3,(H,17,20)/t16-/m1/s1. The summed E-state index contributed by atoms with van der Waals surface area (Å²) in [5.41, 5.74) is 0.142. The van der Waals surface area contributed by atoms with Crippen LogP contribution in [0.3, 0.4) is 0 Å². The summed E-state index contributed by atoms with van der Waals surface area (Å²) in [4.78, 5) is 29.1. The molecule has 1 N–H and O–H groups in total. The van der Waals surface area contributed by atoms with Crippen molar-refractivity contribution in [1.29, 1.82) is 0 Å². The van der Waals surface area contributed by atoms with E-state index in [1.54, 1.807) is 17.9 Å². The number of ether oxygens (including phenoxy) is 1. The molecule has 0 bridgehead atoms. The van der Waals surface area contributed by atoms with Crippen LogP contribution in [0.1, 0.15) is 12.5 Å². The van der Waals surface area contributed by atoms with E-state index in [1.165, 1.54) is 0 Å². The number of aryl methyl sites for hydroxylation is 1. The van der Waals surface area contributed by atoms with Gasteiger partial charge in [0.1, 0.15) is 5.75 Å². The number of carbonyl (C=O) groups excluding carboxylic acids is 2. The minimum Gasteiger partial charge on any atom is -0.466 e. The van der Waals surface area contributed by atoms with Gasteiger partial charge in [0, 0.05) is 26.2 Å². The minimum atomic E-state index is -1.50. The molecule has 0 radical (unpaired) electrons. The smallest absolute Gasteiger partial charge is 0.278 e. The minimum absolute atomic E-state index is 0.274. The summed E-state index contributed by atoms with van der Waals surface area (Å²) < 4.78 is 5.81. The quantitative estimate of drug-likeness (QED) is 0.782. The van der Waals surface area contributed by atoms with E-state index in [9.17, 15) is 9.59 Å². The molecular weight excluding hydrogens is 282 g/mol. The van der Waals surface area contributed by atoms with Crippen LogP contribution in [0.5, 0.6) is 5.75 Å². The molecule has 0 spiro atoms. The number of rotatable bonds is 1. The summed E-state index contributed by atoms with van der Waals surface area (Å²) >= 11 is 0. The number of anilines is 1. The molecule has 2 aliphatic rings. The first kappa shape index (κ1) is 14.8. The molecule has 2 aliphatic heterocycles. The number of piperazine rings is 1. The van der Waals surface area contributed by atoms with E-state index in [1.807, 2.05) is 26.1 Å². The summed E-state index contributed by atoms with van der Waals surface area (Å²) in [5.74, 6) is -0.144. The van der Waals surface area contributed by atoms with Crippen LogP contribution in [-0.4, -0.2) is 60.4 Å². The summed E-state index contributed by atoms with van der Waals surface area (Å²) in [6.07, 6.45) is 0. The van der Waals surface area contributed by atoms with Crippen molar-refractivity contribution in [2.45, 2.75) is 19.4 Å². The Morgan fingerprint density at radius 2 is 1.95 bits per heavy atom. The topological polar surface area (TPSA) is 61.9 Å². The van der Waals surface area contributed by atoms with E-state index in [4.69, 9.17) is 4.74 Å². The Balaban J connectivity index is 1.84. The van der Waals surface area contributed by atoms with Gasteiger partial charge >= 0.3 is 0 Å². The highest BCUT2D eigenvalue weighted by molar-refractivity contribution is 6.15. The van der Waals surface area contributed by atoms with Gasteiger partial charge in [0.05, 0.1) is 5.69 Å². The highest BCUT2D eigenvalue weighted by Gasteiger charge is 2.49. The Kier molecular flexibility index (Phi) is 3.56. The number of fused-ring (bicyclic) bond motifs is 1. The fraction of sp³-hybridized carbons (Fsp3) is 0.500. The summed E-state index contributed by atoms with van der Waals surface area (Å²) in [6, 6.07) is 5.53. The number of hydrogen-bond acceptors (Lipinski definition) is 4. The molecule has 1 fully saturated rings. The molecule has 1 atom stereocenters. The van der Waals surface area contributed by atoms with Crippen molar-refractivity contribution in [3.8, 4) is 5.75 Å². The average Bonchev–Trinajstić information content (AvgIpc) is 2.49. The van der Waals surface area contributed by atoms with Crippen molar-refractivity contribution in [1.82, 2.24) is 9.80 Å². The predicted molar refractivity (Wildman–Crippen MR) is 82.9 cm³/mol. The van der Waals surface area contributed by atoms with Crippen molar-refractivity contribution in [3.63, 3.8) is 0 Å². The van der Waals surface area contributed by atoms with Gasteiger partial charge in [-0.3, -0.25) is 9.59 Å². The normalized spacial score (nSPS) is 25.2. The Bertz CT molecular complexity index is 623. The molecule has 6 heteroatoms. The zero-order chi connectivity index (χ0) is 15.9. The maximum atomic E-state index is 12.8. The van der Waals surface area contributed by atoms with Crippen LogP contribution < -0.4 is 10.1 Å². The molecule has 0 aromatic heterocycles. The van der Waals surface area contributed by atoms with Gasteiger partial charge in [0.2, 0.25) is 0 Å². The van der Waals surface area contributed by atoms with E-state index in [0.29, 0.717) is 24.5 Å². The number of likely N-dealkylation sites (N-methyl/N-ethyl adjacent to an activating group) is 1. The Hall–Kier alpha value is -2.08. The first-order valence-electron chi connectivity index (χ1n) is 7.49. The lowest BCUT2D eigenvalue weighted by Gasteiger charge is -2.39. The maximum absolute atomic E-state index is 12.8. The van der Waals surface area contributed by atoms with Gasteiger partial charge in [0.15, 0.2) is 0 Å². The van der Waals surface area contributed by atoms with E-state index < -0.39 is 11.5 Å². The second-order valence-electron chi connectivity index (χ2n) is 6.18. The van der Waals surface area contributed by atoms with Gasteiger partial charge in [0.25, 0.3) is 17.4 Å². The first-order chi connectivity index (χ1) is 10.4. The summed E-state index contributed by atoms with van der Waals surface area (Å²) in [7, 11) is 2.02. The van der Waals surface area contributed by atoms with Gasteiger partial charge < -0.3 is 19.9 Å². The number of nitrogens with zero attached hydrogens (tertiary/aromatic N) is 2. The third-order valence-electron chi connectivity index (χ3n) is 4.33. The van der Waals surface area contributed by atoms with Gasteiger partial charge in [-0.25, -0.2) is 0 Å². The lowest BCUT2D eigenvalue weighted by Crippen LogP contribution is -2.62. The summed E-state index contributed by atoms with van der Waals surface area (Å²) in [6.45, 7) is 6.32. The molecule has 1 saturated heterocycles. The Morgan fingerprint density at radius 3 is 2.64 bits per heavy atom. The number of benzene rings is 1. The molecule has 6 nitrogen and oxygen atoms in total. The van der Waals surface area contributed by atoms with Gasteiger partial charge in [-0.2, -0.15) is 0 Å². The molecule has 2 amide bonds. The molecule has 0 aliphatic carbocycles. The van der Waals surface area contributed by atoms with Crippen LogP contribution >= 0.6 is 0 Å². The highest BCUT2D eigenvalue weighted by Crippen LogP contribution is 2.35. The van der Waals surface area contributed by atoms with Crippen LogP contribution in [0.15, 0.2) is 18.2 Å². The Morgan fingerprint density at radius 1 is 1.27 bits per heavy atom. The molecule has 22 heavy (non-hydrogen) atoms. The predicted octanol–water partition coefficient (Wildman–Crippen LogP) is 0.859. The zero-order valence-corrected chi connectivity index (χ0v) is 13.2. The number of nitrogens with one attached hydrogen (secondary N) is 1. The highest BCUT2D eigenvalue weighted by atomic mass is 16.5. The van der Waals surface area contributed by atoms with Gasteiger partial charge in [-0.15, -0.1) is 0 Å². The molecule has 0 saturated carbocycles. The number of hydrogen-bond donors (Lipinski definition) is 1. The van der Waals surface area contributed by atoms with Crippen LogP contribution in [0.2, 0.25) is 0 Å². The van der Waals surface area contributed by atoms with Crippen molar-refractivity contribution in [2.75, 3.05) is 38.5 Å². The van der Waals surface area contributed by atoms with Crippen LogP contribution in [0.25, 0.3) is 0 Å². The number of amides is 2. The zero-order valence-electron chi connectivity index (χ0n) is 13.2. The molecule has 2 heterocycles. The number of carbonyl (C=O) groups is 2. The van der Waals surface area contributed by atoms with Crippen LogP contribution in [0.4, 0.5) is 5.69 Å². The van der Waals surface area contributed by atoms with E-state index in [0.717, 1.165) is 18.7 Å². The molecular formula is C16H21N3O3. The van der Waals surface area contributed by atoms with Gasteiger partial charge in [-0.1, -0.05) is 6.07 Å². The van der Waals surface area contributed by atoms with Crippen LogP contribution in [0, 0.1) is 6.92 Å². The molecule has 1 aromatic rings. The average molecular weight is 303 g/mol. The molecule has 3 rings (SSSR count). The van der Waals surface area contributed by atoms with E-state index in [2.05, 4.69) is 10.2 Å². The fourth-order valence-corrected chi connectivity index (χ4v) is 2.79. The molecule has 118 valence electrons.